The van der Waals surface area contributed by atoms with E-state index in [0.29, 0.717) is 37.0 Å². The van der Waals surface area contributed by atoms with E-state index in [4.69, 9.17) is 21.1 Å². The van der Waals surface area contributed by atoms with Crippen LogP contribution in [-0.2, 0) is 9.47 Å². The van der Waals surface area contributed by atoms with Crippen molar-refractivity contribution in [2.45, 2.75) is 19.0 Å². The maximum atomic E-state index is 14.0. The Morgan fingerprint density at radius 2 is 1.50 bits per heavy atom. The van der Waals surface area contributed by atoms with Crippen LogP contribution in [0.15, 0.2) is 48.5 Å². The number of halogens is 1. The highest BCUT2D eigenvalue weighted by atomic mass is 35.5. The van der Waals surface area contributed by atoms with Gasteiger partial charge in [-0.2, -0.15) is 0 Å². The van der Waals surface area contributed by atoms with Crippen LogP contribution in [0.3, 0.4) is 0 Å². The van der Waals surface area contributed by atoms with Crippen molar-refractivity contribution < 1.29 is 14.3 Å². The van der Waals surface area contributed by atoms with Crippen molar-refractivity contribution in [1.29, 1.82) is 0 Å². The van der Waals surface area contributed by atoms with Gasteiger partial charge in [0.15, 0.2) is 5.78 Å². The van der Waals surface area contributed by atoms with Gasteiger partial charge >= 0.3 is 0 Å². The van der Waals surface area contributed by atoms with Gasteiger partial charge in [0.05, 0.1) is 38.5 Å². The normalized spacial score (nSPS) is 20.6. The summed E-state index contributed by atoms with van der Waals surface area (Å²) in [5.41, 5.74) is 2.79. The number of aryl methyl sites for hydroxylation is 1. The maximum absolute atomic E-state index is 14.0. The van der Waals surface area contributed by atoms with Crippen LogP contribution < -0.4 is 0 Å². The minimum absolute atomic E-state index is 0.0447. The number of hydrogen-bond acceptors (Lipinski definition) is 5. The van der Waals surface area contributed by atoms with Crippen LogP contribution >= 0.6 is 11.6 Å². The fraction of sp³-hybridized carbons (Fsp3) is 0.458. The second-order valence-corrected chi connectivity index (χ2v) is 8.33. The highest BCUT2D eigenvalue weighted by Crippen LogP contribution is 2.32. The minimum Gasteiger partial charge on any atom is -0.379 e. The van der Waals surface area contributed by atoms with Gasteiger partial charge in [-0.25, -0.2) is 0 Å². The zero-order valence-electron chi connectivity index (χ0n) is 17.4. The highest BCUT2D eigenvalue weighted by Gasteiger charge is 2.39. The second kappa shape index (κ2) is 10.0. The topological polar surface area (TPSA) is 42.0 Å². The average molecular weight is 429 g/mol. The van der Waals surface area contributed by atoms with Gasteiger partial charge in [0.25, 0.3) is 0 Å². The molecule has 4 rings (SSSR count). The molecule has 0 bridgehead atoms. The van der Waals surface area contributed by atoms with Crippen molar-refractivity contribution in [3.8, 4) is 0 Å². The van der Waals surface area contributed by atoms with E-state index >= 15 is 0 Å². The number of rotatable bonds is 6. The SMILES string of the molecule is Cc1cc(C(=O)[C@@H]([C@H](c2ccccc2)N2CCOCC2)N2CCOCC2)ccc1Cl. The Balaban J connectivity index is 1.76. The number of carbonyl (C=O) groups excluding carboxylic acids is 1. The number of carbonyl (C=O) groups is 1. The van der Waals surface area contributed by atoms with Gasteiger partial charge in [-0.05, 0) is 36.2 Å². The van der Waals surface area contributed by atoms with E-state index in [1.807, 2.05) is 31.2 Å². The number of morpholine rings is 2. The molecule has 2 saturated heterocycles. The van der Waals surface area contributed by atoms with E-state index < -0.39 is 0 Å². The summed E-state index contributed by atoms with van der Waals surface area (Å²) in [5, 5.41) is 0.683. The van der Waals surface area contributed by atoms with Gasteiger partial charge in [0, 0.05) is 36.8 Å². The van der Waals surface area contributed by atoms with Gasteiger partial charge in [0.1, 0.15) is 0 Å². The van der Waals surface area contributed by atoms with Crippen LogP contribution in [0.4, 0.5) is 0 Å². The molecule has 2 aliphatic heterocycles. The average Bonchev–Trinajstić information content (AvgIpc) is 2.80. The number of hydrogen-bond donors (Lipinski definition) is 0. The molecule has 0 aliphatic carbocycles. The third kappa shape index (κ3) is 4.76. The first kappa shape index (κ1) is 21.5. The molecule has 2 aliphatic rings. The molecule has 2 aromatic carbocycles. The predicted octanol–water partition coefficient (Wildman–Crippen LogP) is 3.61. The molecule has 6 heteroatoms. The third-order valence-electron chi connectivity index (χ3n) is 6.03. The third-order valence-corrected chi connectivity index (χ3v) is 6.45. The smallest absolute Gasteiger partial charge is 0.181 e. The molecule has 0 N–H and O–H groups in total. The van der Waals surface area contributed by atoms with Crippen molar-refractivity contribution in [2.75, 3.05) is 52.6 Å². The summed E-state index contributed by atoms with van der Waals surface area (Å²) in [4.78, 5) is 18.7. The van der Waals surface area contributed by atoms with E-state index in [0.717, 1.165) is 37.3 Å². The van der Waals surface area contributed by atoms with Gasteiger partial charge < -0.3 is 9.47 Å². The summed E-state index contributed by atoms with van der Waals surface area (Å²) in [6, 6.07) is 15.6. The van der Waals surface area contributed by atoms with E-state index in [-0.39, 0.29) is 17.9 Å². The molecule has 0 spiro atoms. The lowest BCUT2D eigenvalue weighted by molar-refractivity contribution is -0.0301. The molecule has 0 aromatic heterocycles. The molecule has 0 unspecified atom stereocenters. The summed E-state index contributed by atoms with van der Waals surface area (Å²) in [6.45, 7) is 7.73. The number of ether oxygens (including phenoxy) is 2. The van der Waals surface area contributed by atoms with Crippen molar-refractivity contribution in [2.24, 2.45) is 0 Å². The van der Waals surface area contributed by atoms with Crippen molar-refractivity contribution in [3.63, 3.8) is 0 Å². The number of ketones is 1. The Morgan fingerprint density at radius 1 is 0.900 bits per heavy atom. The summed E-state index contributed by atoms with van der Waals surface area (Å²) in [7, 11) is 0. The molecule has 160 valence electrons. The van der Waals surface area contributed by atoms with E-state index in [2.05, 4.69) is 34.1 Å². The van der Waals surface area contributed by atoms with Crippen LogP contribution in [0.25, 0.3) is 0 Å². The Bertz CT molecular complexity index is 849. The van der Waals surface area contributed by atoms with Crippen LogP contribution in [0, 0.1) is 6.92 Å². The first-order valence-electron chi connectivity index (χ1n) is 10.6. The molecule has 30 heavy (non-hydrogen) atoms. The van der Waals surface area contributed by atoms with E-state index in [1.165, 1.54) is 0 Å². The molecule has 2 heterocycles. The predicted molar refractivity (Wildman–Crippen MR) is 118 cm³/mol. The Morgan fingerprint density at radius 3 is 2.10 bits per heavy atom. The molecule has 0 radical (unpaired) electrons. The number of benzene rings is 2. The largest absolute Gasteiger partial charge is 0.379 e. The quantitative estimate of drug-likeness (QED) is 0.657. The van der Waals surface area contributed by atoms with Crippen molar-refractivity contribution >= 4 is 17.4 Å². The molecule has 2 fully saturated rings. The van der Waals surface area contributed by atoms with Crippen molar-refractivity contribution in [3.05, 3.63) is 70.2 Å². The lowest BCUT2D eigenvalue weighted by atomic mass is 9.89. The summed E-state index contributed by atoms with van der Waals surface area (Å²) < 4.78 is 11.2. The van der Waals surface area contributed by atoms with E-state index in [1.54, 1.807) is 0 Å². The highest BCUT2D eigenvalue weighted by molar-refractivity contribution is 6.31. The monoisotopic (exact) mass is 428 g/mol. The zero-order valence-corrected chi connectivity index (χ0v) is 18.2. The molecule has 2 atom stereocenters. The molecule has 0 saturated carbocycles. The number of Topliss-reactive ketones (excluding diaryl/α,β-unsaturated/α-hetero) is 1. The van der Waals surface area contributed by atoms with Crippen LogP contribution in [-0.4, -0.2) is 74.2 Å². The standard InChI is InChI=1S/C24H29ClN2O3/c1-18-17-20(7-8-21(18)25)24(28)23(27-11-15-30-16-12-27)22(19-5-3-2-4-6-19)26-9-13-29-14-10-26/h2-8,17,22-23H,9-16H2,1H3/t22-,23+/m0/s1. The van der Waals surface area contributed by atoms with E-state index in [9.17, 15) is 4.79 Å². The summed E-state index contributed by atoms with van der Waals surface area (Å²) in [5.74, 6) is 0.136. The Labute approximate surface area is 183 Å². The second-order valence-electron chi connectivity index (χ2n) is 7.93. The van der Waals surface area contributed by atoms with Gasteiger partial charge in [-0.15, -0.1) is 0 Å². The Hall–Kier alpha value is -1.76. The van der Waals surface area contributed by atoms with Crippen molar-refractivity contribution in [1.82, 2.24) is 9.80 Å². The summed E-state index contributed by atoms with van der Waals surface area (Å²) in [6.07, 6.45) is 0. The molecular weight excluding hydrogens is 400 g/mol. The summed E-state index contributed by atoms with van der Waals surface area (Å²) >= 11 is 6.23. The molecular formula is C24H29ClN2O3. The first-order chi connectivity index (χ1) is 14.6. The lowest BCUT2D eigenvalue weighted by Crippen LogP contribution is -2.55. The maximum Gasteiger partial charge on any atom is 0.181 e. The fourth-order valence-corrected chi connectivity index (χ4v) is 4.55. The zero-order chi connectivity index (χ0) is 20.9. The van der Waals surface area contributed by atoms with Crippen LogP contribution in [0.1, 0.15) is 27.5 Å². The van der Waals surface area contributed by atoms with Gasteiger partial charge in [-0.3, -0.25) is 14.6 Å². The molecule has 5 nitrogen and oxygen atoms in total. The lowest BCUT2D eigenvalue weighted by Gasteiger charge is -2.44. The van der Waals surface area contributed by atoms with Gasteiger partial charge in [-0.1, -0.05) is 41.9 Å². The van der Waals surface area contributed by atoms with Crippen LogP contribution in [0.5, 0.6) is 0 Å². The first-order valence-corrected chi connectivity index (χ1v) is 11.0. The molecule has 0 amide bonds. The Kier molecular flexibility index (Phi) is 7.18. The van der Waals surface area contributed by atoms with Gasteiger partial charge in [0.2, 0.25) is 0 Å². The minimum atomic E-state index is -0.296. The fourth-order valence-electron chi connectivity index (χ4n) is 4.43. The molecule has 2 aromatic rings. The number of nitrogens with zero attached hydrogens (tertiary/aromatic N) is 2. The van der Waals surface area contributed by atoms with Crippen LogP contribution in [0.2, 0.25) is 5.02 Å².